The maximum atomic E-state index is 11.4. The van der Waals surface area contributed by atoms with E-state index in [1.54, 1.807) is 0 Å². The summed E-state index contributed by atoms with van der Waals surface area (Å²) in [6, 6.07) is 0. The first-order chi connectivity index (χ1) is 7.26. The van der Waals surface area contributed by atoms with Crippen LogP contribution < -0.4 is 0 Å². The van der Waals surface area contributed by atoms with Crippen molar-refractivity contribution >= 4 is 5.78 Å². The first-order valence-electron chi connectivity index (χ1n) is 6.77. The van der Waals surface area contributed by atoms with E-state index in [4.69, 9.17) is 0 Å². The molecule has 1 rings (SSSR count). The van der Waals surface area contributed by atoms with E-state index < -0.39 is 0 Å². The lowest BCUT2D eigenvalue weighted by Crippen LogP contribution is -2.18. The molecule has 1 aliphatic rings. The van der Waals surface area contributed by atoms with Gasteiger partial charge in [0.15, 0.2) is 0 Å². The van der Waals surface area contributed by atoms with Crippen LogP contribution >= 0.6 is 0 Å². The molecular weight excluding hydrogens is 184 g/mol. The standard InChI is InChI=1S/C14H26O/c1-3-5-7-12(4-2)10-13-8-6-9-14(15)11-13/h12-13H,3-11H2,1-2H3. The van der Waals surface area contributed by atoms with Crippen LogP contribution in [-0.4, -0.2) is 5.78 Å². The van der Waals surface area contributed by atoms with Gasteiger partial charge in [-0.2, -0.15) is 0 Å². The molecule has 0 aliphatic heterocycles. The van der Waals surface area contributed by atoms with Crippen LogP contribution in [0.25, 0.3) is 0 Å². The number of hydrogen-bond acceptors (Lipinski definition) is 1. The number of ketones is 1. The van der Waals surface area contributed by atoms with Gasteiger partial charge in [-0.25, -0.2) is 0 Å². The molecule has 88 valence electrons. The predicted octanol–water partition coefficient (Wildman–Crippen LogP) is 4.35. The molecule has 0 spiro atoms. The van der Waals surface area contributed by atoms with Crippen molar-refractivity contribution in [2.24, 2.45) is 11.8 Å². The SMILES string of the molecule is CCCCC(CC)CC1CCCC(=O)C1. The van der Waals surface area contributed by atoms with Crippen LogP contribution in [0.2, 0.25) is 0 Å². The molecule has 2 atom stereocenters. The number of carbonyl (C=O) groups excluding carboxylic acids is 1. The molecule has 0 aromatic heterocycles. The van der Waals surface area contributed by atoms with Crippen LogP contribution in [-0.2, 0) is 4.79 Å². The molecule has 0 amide bonds. The molecular formula is C14H26O. The molecule has 2 unspecified atom stereocenters. The Kier molecular flexibility index (Phi) is 5.97. The number of Topliss-reactive ketones (excluding diaryl/α,β-unsaturated/α-hetero) is 1. The largest absolute Gasteiger partial charge is 0.300 e. The summed E-state index contributed by atoms with van der Waals surface area (Å²) in [6.07, 6.45) is 10.8. The Labute approximate surface area is 94.6 Å². The average Bonchev–Trinajstić information content (AvgIpc) is 2.24. The molecule has 0 bridgehead atoms. The lowest BCUT2D eigenvalue weighted by molar-refractivity contribution is -0.121. The topological polar surface area (TPSA) is 17.1 Å². The minimum Gasteiger partial charge on any atom is -0.300 e. The highest BCUT2D eigenvalue weighted by molar-refractivity contribution is 5.79. The Morgan fingerprint density at radius 1 is 1.40 bits per heavy atom. The second kappa shape index (κ2) is 7.03. The van der Waals surface area contributed by atoms with E-state index in [9.17, 15) is 4.79 Å². The van der Waals surface area contributed by atoms with Crippen molar-refractivity contribution in [3.05, 3.63) is 0 Å². The Morgan fingerprint density at radius 2 is 2.20 bits per heavy atom. The molecule has 0 radical (unpaired) electrons. The predicted molar refractivity (Wildman–Crippen MR) is 64.9 cm³/mol. The van der Waals surface area contributed by atoms with E-state index in [-0.39, 0.29) is 0 Å². The first kappa shape index (κ1) is 12.7. The number of carbonyl (C=O) groups is 1. The lowest BCUT2D eigenvalue weighted by atomic mass is 9.80. The highest BCUT2D eigenvalue weighted by Crippen LogP contribution is 2.30. The number of unbranched alkanes of at least 4 members (excludes halogenated alkanes) is 1. The highest BCUT2D eigenvalue weighted by atomic mass is 16.1. The summed E-state index contributed by atoms with van der Waals surface area (Å²) in [5, 5.41) is 0. The van der Waals surface area contributed by atoms with Gasteiger partial charge in [0, 0.05) is 12.8 Å². The smallest absolute Gasteiger partial charge is 0.133 e. The van der Waals surface area contributed by atoms with Gasteiger partial charge in [-0.15, -0.1) is 0 Å². The van der Waals surface area contributed by atoms with Gasteiger partial charge in [0.05, 0.1) is 0 Å². The van der Waals surface area contributed by atoms with Gasteiger partial charge in [-0.05, 0) is 31.1 Å². The lowest BCUT2D eigenvalue weighted by Gasteiger charge is -2.25. The molecule has 0 saturated heterocycles. The van der Waals surface area contributed by atoms with Crippen LogP contribution in [0.15, 0.2) is 0 Å². The van der Waals surface area contributed by atoms with E-state index in [1.165, 1.54) is 38.5 Å². The maximum absolute atomic E-state index is 11.4. The van der Waals surface area contributed by atoms with Crippen LogP contribution in [0.5, 0.6) is 0 Å². The summed E-state index contributed by atoms with van der Waals surface area (Å²) < 4.78 is 0. The van der Waals surface area contributed by atoms with Gasteiger partial charge in [-0.3, -0.25) is 4.79 Å². The molecule has 0 heterocycles. The van der Waals surface area contributed by atoms with Crippen LogP contribution in [0.1, 0.15) is 71.6 Å². The second-order valence-electron chi connectivity index (χ2n) is 5.15. The number of rotatable bonds is 6. The Balaban J connectivity index is 2.26. The van der Waals surface area contributed by atoms with Gasteiger partial charge in [0.2, 0.25) is 0 Å². The molecule has 0 aromatic carbocycles. The molecule has 0 N–H and O–H groups in total. The van der Waals surface area contributed by atoms with Gasteiger partial charge in [0.25, 0.3) is 0 Å². The summed E-state index contributed by atoms with van der Waals surface area (Å²) in [5.74, 6) is 2.10. The van der Waals surface area contributed by atoms with Crippen molar-refractivity contribution in [2.45, 2.75) is 71.6 Å². The highest BCUT2D eigenvalue weighted by Gasteiger charge is 2.21. The number of hydrogen-bond donors (Lipinski definition) is 0. The molecule has 15 heavy (non-hydrogen) atoms. The maximum Gasteiger partial charge on any atom is 0.133 e. The van der Waals surface area contributed by atoms with E-state index in [2.05, 4.69) is 13.8 Å². The van der Waals surface area contributed by atoms with E-state index in [0.29, 0.717) is 11.7 Å². The molecule has 0 aromatic rings. The molecule has 1 aliphatic carbocycles. The zero-order valence-electron chi connectivity index (χ0n) is 10.4. The Hall–Kier alpha value is -0.330. The van der Waals surface area contributed by atoms with Crippen molar-refractivity contribution in [3.8, 4) is 0 Å². The zero-order valence-corrected chi connectivity index (χ0v) is 10.4. The monoisotopic (exact) mass is 210 g/mol. The fraction of sp³-hybridized carbons (Fsp3) is 0.929. The third-order valence-electron chi connectivity index (χ3n) is 3.79. The van der Waals surface area contributed by atoms with Crippen molar-refractivity contribution in [1.82, 2.24) is 0 Å². The normalized spacial score (nSPS) is 24.1. The van der Waals surface area contributed by atoms with E-state index >= 15 is 0 Å². The first-order valence-corrected chi connectivity index (χ1v) is 6.77. The van der Waals surface area contributed by atoms with Crippen molar-refractivity contribution < 1.29 is 4.79 Å². The summed E-state index contributed by atoms with van der Waals surface area (Å²) in [4.78, 5) is 11.4. The van der Waals surface area contributed by atoms with Crippen LogP contribution in [0.3, 0.4) is 0 Å². The third kappa shape index (κ3) is 4.81. The van der Waals surface area contributed by atoms with Gasteiger partial charge >= 0.3 is 0 Å². The van der Waals surface area contributed by atoms with Gasteiger partial charge in [-0.1, -0.05) is 39.5 Å². The second-order valence-corrected chi connectivity index (χ2v) is 5.15. The fourth-order valence-corrected chi connectivity index (χ4v) is 2.77. The minimum atomic E-state index is 0.511. The minimum absolute atomic E-state index is 0.511. The molecule has 1 saturated carbocycles. The van der Waals surface area contributed by atoms with Gasteiger partial charge < -0.3 is 0 Å². The van der Waals surface area contributed by atoms with Crippen molar-refractivity contribution in [2.75, 3.05) is 0 Å². The van der Waals surface area contributed by atoms with Crippen LogP contribution in [0, 0.1) is 11.8 Å². The Bertz CT molecular complexity index is 186. The zero-order chi connectivity index (χ0) is 11.1. The van der Waals surface area contributed by atoms with Gasteiger partial charge in [0.1, 0.15) is 5.78 Å². The third-order valence-corrected chi connectivity index (χ3v) is 3.79. The van der Waals surface area contributed by atoms with E-state index in [1.807, 2.05) is 0 Å². The average molecular weight is 210 g/mol. The summed E-state index contributed by atoms with van der Waals surface area (Å²) >= 11 is 0. The summed E-state index contributed by atoms with van der Waals surface area (Å²) in [7, 11) is 0. The fourth-order valence-electron chi connectivity index (χ4n) is 2.77. The van der Waals surface area contributed by atoms with Crippen LogP contribution in [0.4, 0.5) is 0 Å². The van der Waals surface area contributed by atoms with Crippen molar-refractivity contribution in [3.63, 3.8) is 0 Å². The molecule has 1 fully saturated rings. The summed E-state index contributed by atoms with van der Waals surface area (Å²) in [6.45, 7) is 4.56. The van der Waals surface area contributed by atoms with E-state index in [0.717, 1.165) is 25.2 Å². The summed E-state index contributed by atoms with van der Waals surface area (Å²) in [5.41, 5.74) is 0. The molecule has 1 heteroatoms. The van der Waals surface area contributed by atoms with Crippen molar-refractivity contribution in [1.29, 1.82) is 0 Å². The molecule has 1 nitrogen and oxygen atoms in total. The quantitative estimate of drug-likeness (QED) is 0.637. The Morgan fingerprint density at radius 3 is 2.80 bits per heavy atom.